The highest BCUT2D eigenvalue weighted by Gasteiger charge is 2.32. The molecule has 1 aliphatic heterocycles. The lowest BCUT2D eigenvalue weighted by atomic mass is 10.0. The van der Waals surface area contributed by atoms with Crippen molar-refractivity contribution < 1.29 is 14.3 Å². The number of hydrogen-bond donors (Lipinski definition) is 0. The third-order valence-electron chi connectivity index (χ3n) is 4.98. The molecule has 0 bridgehead atoms. The fourth-order valence-electron chi connectivity index (χ4n) is 3.57. The van der Waals surface area contributed by atoms with Crippen molar-refractivity contribution in [1.29, 1.82) is 0 Å². The Morgan fingerprint density at radius 3 is 2.60 bits per heavy atom. The molecule has 0 aliphatic carbocycles. The summed E-state index contributed by atoms with van der Waals surface area (Å²) in [6.45, 7) is 2.71. The van der Waals surface area contributed by atoms with Crippen LogP contribution >= 0.6 is 23.2 Å². The average molecular weight is 444 g/mol. The van der Waals surface area contributed by atoms with Crippen molar-refractivity contribution in [2.75, 3.05) is 13.2 Å². The minimum Gasteiger partial charge on any atom is -0.461 e. The van der Waals surface area contributed by atoms with Crippen molar-refractivity contribution in [1.82, 2.24) is 14.7 Å². The Morgan fingerprint density at radius 2 is 1.90 bits per heavy atom. The summed E-state index contributed by atoms with van der Waals surface area (Å²) in [5.74, 6) is -0.716. The highest BCUT2D eigenvalue weighted by molar-refractivity contribution is 6.36. The van der Waals surface area contributed by atoms with Gasteiger partial charge in [0, 0.05) is 23.6 Å². The van der Waals surface area contributed by atoms with Gasteiger partial charge in [0.15, 0.2) is 5.69 Å². The molecule has 0 spiro atoms. The molecule has 0 saturated heterocycles. The van der Waals surface area contributed by atoms with E-state index in [0.29, 0.717) is 34.1 Å². The molecule has 154 valence electrons. The first-order valence-electron chi connectivity index (χ1n) is 9.57. The molecular weight excluding hydrogens is 425 g/mol. The number of hydrogen-bond acceptors (Lipinski definition) is 4. The van der Waals surface area contributed by atoms with Crippen LogP contribution in [-0.2, 0) is 17.7 Å². The molecule has 0 N–H and O–H groups in total. The van der Waals surface area contributed by atoms with Gasteiger partial charge in [0.25, 0.3) is 5.91 Å². The number of carbonyl (C=O) groups is 2. The Morgan fingerprint density at radius 1 is 1.13 bits per heavy atom. The number of fused-ring (bicyclic) bond motifs is 1. The van der Waals surface area contributed by atoms with E-state index in [1.54, 1.807) is 34.7 Å². The number of amides is 1. The first-order chi connectivity index (χ1) is 14.5. The van der Waals surface area contributed by atoms with E-state index in [4.69, 9.17) is 27.9 Å². The molecule has 2 aromatic carbocycles. The lowest BCUT2D eigenvalue weighted by Gasteiger charge is -2.28. The molecule has 6 nitrogen and oxygen atoms in total. The third-order valence-corrected chi connectivity index (χ3v) is 5.52. The first kappa shape index (κ1) is 20.4. The number of ether oxygens (including phenoxy) is 1. The molecule has 0 fully saturated rings. The maximum atomic E-state index is 13.1. The Kier molecular flexibility index (Phi) is 5.79. The second-order valence-electron chi connectivity index (χ2n) is 6.84. The van der Waals surface area contributed by atoms with Crippen LogP contribution in [0.1, 0.15) is 39.0 Å². The lowest BCUT2D eigenvalue weighted by Crippen LogP contribution is -2.37. The number of aromatic nitrogens is 2. The fourth-order valence-corrected chi connectivity index (χ4v) is 4.06. The van der Waals surface area contributed by atoms with Gasteiger partial charge in [0.05, 0.1) is 35.1 Å². The minimum atomic E-state index is -0.498. The van der Waals surface area contributed by atoms with Crippen LogP contribution in [0.3, 0.4) is 0 Å². The summed E-state index contributed by atoms with van der Waals surface area (Å²) in [4.78, 5) is 27.3. The summed E-state index contributed by atoms with van der Waals surface area (Å²) in [5, 5.41) is 5.30. The number of halogens is 2. The molecule has 4 rings (SSSR count). The van der Waals surface area contributed by atoms with Crippen LogP contribution in [0, 0.1) is 0 Å². The molecule has 2 heterocycles. The molecule has 30 heavy (non-hydrogen) atoms. The SMILES string of the molecule is CCOC(=O)c1nn(-c2ccccc2)c2c1CN(C(=O)c1ccc(Cl)cc1Cl)CC2. The Hall–Kier alpha value is -2.83. The predicted molar refractivity (Wildman–Crippen MR) is 114 cm³/mol. The molecule has 8 heteroatoms. The summed E-state index contributed by atoms with van der Waals surface area (Å²) in [6, 6.07) is 14.4. The number of carbonyl (C=O) groups excluding carboxylic acids is 2. The predicted octanol–water partition coefficient (Wildman–Crippen LogP) is 4.55. The van der Waals surface area contributed by atoms with Crippen molar-refractivity contribution in [3.05, 3.63) is 81.1 Å². The zero-order valence-corrected chi connectivity index (χ0v) is 17.8. The van der Waals surface area contributed by atoms with E-state index < -0.39 is 5.97 Å². The maximum Gasteiger partial charge on any atom is 0.359 e. The number of benzene rings is 2. The summed E-state index contributed by atoms with van der Waals surface area (Å²) < 4.78 is 6.96. The fraction of sp³-hybridized carbons (Fsp3) is 0.227. The smallest absolute Gasteiger partial charge is 0.359 e. The summed E-state index contributed by atoms with van der Waals surface area (Å²) >= 11 is 12.2. The Bertz CT molecular complexity index is 1110. The van der Waals surface area contributed by atoms with Crippen LogP contribution in [-0.4, -0.2) is 39.7 Å². The monoisotopic (exact) mass is 443 g/mol. The zero-order chi connectivity index (χ0) is 21.3. The largest absolute Gasteiger partial charge is 0.461 e. The van der Waals surface area contributed by atoms with Crippen molar-refractivity contribution in [2.24, 2.45) is 0 Å². The van der Waals surface area contributed by atoms with E-state index in [0.717, 1.165) is 11.4 Å². The molecular formula is C22H19Cl2N3O3. The molecule has 1 aromatic heterocycles. The zero-order valence-electron chi connectivity index (χ0n) is 16.3. The molecule has 0 atom stereocenters. The van der Waals surface area contributed by atoms with Crippen LogP contribution in [0.25, 0.3) is 5.69 Å². The van der Waals surface area contributed by atoms with E-state index in [2.05, 4.69) is 5.10 Å². The van der Waals surface area contributed by atoms with Crippen molar-refractivity contribution >= 4 is 35.1 Å². The standard InChI is InChI=1S/C22H19Cl2N3O3/c1-2-30-22(29)20-17-13-26(21(28)16-9-8-14(23)12-18(16)24)11-10-19(17)27(25-20)15-6-4-3-5-7-15/h3-9,12H,2,10-11,13H2,1H3. The molecule has 0 saturated carbocycles. The Balaban J connectivity index is 1.72. The average Bonchev–Trinajstić information content (AvgIpc) is 3.13. The van der Waals surface area contributed by atoms with Crippen LogP contribution in [0.15, 0.2) is 48.5 Å². The van der Waals surface area contributed by atoms with Gasteiger partial charge in [-0.3, -0.25) is 4.79 Å². The number of para-hydroxylation sites is 1. The van der Waals surface area contributed by atoms with Gasteiger partial charge in [0.2, 0.25) is 0 Å². The van der Waals surface area contributed by atoms with Gasteiger partial charge in [-0.1, -0.05) is 41.4 Å². The van der Waals surface area contributed by atoms with Crippen molar-refractivity contribution in [3.63, 3.8) is 0 Å². The van der Waals surface area contributed by atoms with Crippen molar-refractivity contribution in [3.8, 4) is 5.69 Å². The summed E-state index contributed by atoms with van der Waals surface area (Å²) in [6.07, 6.45) is 0.549. The number of nitrogens with zero attached hydrogens (tertiary/aromatic N) is 3. The highest BCUT2D eigenvalue weighted by Crippen LogP contribution is 2.29. The van der Waals surface area contributed by atoms with Gasteiger partial charge in [-0.05, 0) is 37.3 Å². The van der Waals surface area contributed by atoms with Gasteiger partial charge < -0.3 is 9.64 Å². The molecule has 1 aliphatic rings. The summed E-state index contributed by atoms with van der Waals surface area (Å²) in [5.41, 5.74) is 3.05. The number of rotatable bonds is 4. The minimum absolute atomic E-state index is 0.218. The molecule has 1 amide bonds. The van der Waals surface area contributed by atoms with Gasteiger partial charge >= 0.3 is 5.97 Å². The van der Waals surface area contributed by atoms with E-state index in [9.17, 15) is 9.59 Å². The van der Waals surface area contributed by atoms with Crippen LogP contribution < -0.4 is 0 Å². The normalized spacial score (nSPS) is 13.1. The van der Waals surface area contributed by atoms with E-state index in [1.165, 1.54) is 0 Å². The van der Waals surface area contributed by atoms with Crippen molar-refractivity contribution in [2.45, 2.75) is 19.9 Å². The van der Waals surface area contributed by atoms with E-state index >= 15 is 0 Å². The highest BCUT2D eigenvalue weighted by atomic mass is 35.5. The Labute approximate surface area is 184 Å². The number of esters is 1. The third kappa shape index (κ3) is 3.80. The van der Waals surface area contributed by atoms with Crippen LogP contribution in [0.4, 0.5) is 0 Å². The van der Waals surface area contributed by atoms with Gasteiger partial charge in [-0.25, -0.2) is 9.48 Å². The van der Waals surface area contributed by atoms with E-state index in [1.807, 2.05) is 30.3 Å². The van der Waals surface area contributed by atoms with E-state index in [-0.39, 0.29) is 24.8 Å². The topological polar surface area (TPSA) is 64.4 Å². The second kappa shape index (κ2) is 8.50. The molecule has 3 aromatic rings. The molecule has 0 radical (unpaired) electrons. The van der Waals surface area contributed by atoms with Gasteiger partial charge in [0.1, 0.15) is 0 Å². The van der Waals surface area contributed by atoms with Gasteiger partial charge in [-0.2, -0.15) is 5.10 Å². The van der Waals surface area contributed by atoms with Crippen LogP contribution in [0.2, 0.25) is 10.0 Å². The van der Waals surface area contributed by atoms with Crippen LogP contribution in [0.5, 0.6) is 0 Å². The second-order valence-corrected chi connectivity index (χ2v) is 7.69. The van der Waals surface area contributed by atoms with Gasteiger partial charge in [-0.15, -0.1) is 0 Å². The lowest BCUT2D eigenvalue weighted by molar-refractivity contribution is 0.0513. The maximum absolute atomic E-state index is 13.1. The first-order valence-corrected chi connectivity index (χ1v) is 10.3. The molecule has 0 unspecified atom stereocenters. The quantitative estimate of drug-likeness (QED) is 0.554. The summed E-state index contributed by atoms with van der Waals surface area (Å²) in [7, 11) is 0.